The minimum atomic E-state index is -0.00639. The molecule has 0 aliphatic heterocycles. The maximum absolute atomic E-state index is 7.20. The Balaban J connectivity index is 3.32. The Hall–Kier alpha value is -0.530. The molecule has 0 spiro atoms. The average Bonchev–Trinajstić information content (AvgIpc) is 1.85. The highest BCUT2D eigenvalue weighted by molar-refractivity contribution is 6.69. The standard InChI is InChI=1S/C8H7Cl2N/c1-5-3-2-4-6(9)7(5)8(10)11/h2-4,11H,1H3. The average molecular weight is 188 g/mol. The van der Waals surface area contributed by atoms with Gasteiger partial charge >= 0.3 is 0 Å². The lowest BCUT2D eigenvalue weighted by molar-refractivity contribution is 1.42. The first-order chi connectivity index (χ1) is 5.13. The molecule has 0 radical (unpaired) electrons. The Kier molecular flexibility index (Phi) is 2.53. The van der Waals surface area contributed by atoms with Gasteiger partial charge in [0.15, 0.2) is 0 Å². The van der Waals surface area contributed by atoms with Gasteiger partial charge in [-0.15, -0.1) is 0 Å². The third kappa shape index (κ3) is 1.73. The van der Waals surface area contributed by atoms with Gasteiger partial charge in [-0.3, -0.25) is 5.41 Å². The van der Waals surface area contributed by atoms with E-state index in [1.54, 1.807) is 6.07 Å². The molecule has 0 fully saturated rings. The highest BCUT2D eigenvalue weighted by atomic mass is 35.5. The van der Waals surface area contributed by atoms with E-state index in [0.717, 1.165) is 5.56 Å². The summed E-state index contributed by atoms with van der Waals surface area (Å²) in [5.41, 5.74) is 1.55. The normalized spacial score (nSPS) is 9.73. The molecule has 0 amide bonds. The van der Waals surface area contributed by atoms with Gasteiger partial charge in [-0.1, -0.05) is 35.3 Å². The van der Waals surface area contributed by atoms with E-state index in [0.29, 0.717) is 10.6 Å². The Labute approximate surface area is 75.5 Å². The molecule has 0 heterocycles. The van der Waals surface area contributed by atoms with E-state index in [4.69, 9.17) is 28.6 Å². The van der Waals surface area contributed by atoms with Gasteiger partial charge in [-0.05, 0) is 18.6 Å². The lowest BCUT2D eigenvalue weighted by Gasteiger charge is -2.02. The first-order valence-electron chi connectivity index (χ1n) is 3.12. The van der Waals surface area contributed by atoms with Crippen molar-refractivity contribution in [3.63, 3.8) is 0 Å². The summed E-state index contributed by atoms with van der Waals surface area (Å²) in [7, 11) is 0. The summed E-state index contributed by atoms with van der Waals surface area (Å²) in [6.45, 7) is 1.87. The molecule has 1 N–H and O–H groups in total. The molecule has 0 aromatic heterocycles. The van der Waals surface area contributed by atoms with Crippen molar-refractivity contribution < 1.29 is 0 Å². The zero-order chi connectivity index (χ0) is 8.43. The van der Waals surface area contributed by atoms with E-state index < -0.39 is 0 Å². The molecule has 0 aliphatic carbocycles. The van der Waals surface area contributed by atoms with Crippen molar-refractivity contribution in [3.05, 3.63) is 34.3 Å². The number of aryl methyl sites for hydroxylation is 1. The van der Waals surface area contributed by atoms with E-state index in [2.05, 4.69) is 0 Å². The molecule has 0 aliphatic rings. The molecule has 0 unspecified atom stereocenters. The molecule has 0 saturated carbocycles. The molecule has 1 aromatic carbocycles. The third-order valence-corrected chi connectivity index (χ3v) is 1.95. The Morgan fingerprint density at radius 1 is 1.45 bits per heavy atom. The fourth-order valence-electron chi connectivity index (χ4n) is 0.910. The number of nitrogens with one attached hydrogen (secondary N) is 1. The minimum Gasteiger partial charge on any atom is -0.289 e. The quantitative estimate of drug-likeness (QED) is 0.654. The lowest BCUT2D eigenvalue weighted by Crippen LogP contribution is -1.93. The van der Waals surface area contributed by atoms with Gasteiger partial charge in [-0.25, -0.2) is 0 Å². The molecule has 1 rings (SSSR count). The van der Waals surface area contributed by atoms with Crippen molar-refractivity contribution in [1.29, 1.82) is 5.41 Å². The Morgan fingerprint density at radius 2 is 2.09 bits per heavy atom. The Morgan fingerprint density at radius 3 is 2.45 bits per heavy atom. The molecule has 0 saturated heterocycles. The number of rotatable bonds is 1. The number of halogens is 2. The van der Waals surface area contributed by atoms with Gasteiger partial charge in [0, 0.05) is 5.56 Å². The van der Waals surface area contributed by atoms with E-state index >= 15 is 0 Å². The number of hydrogen-bond donors (Lipinski definition) is 1. The van der Waals surface area contributed by atoms with Crippen molar-refractivity contribution in [3.8, 4) is 0 Å². The van der Waals surface area contributed by atoms with Crippen molar-refractivity contribution in [2.24, 2.45) is 0 Å². The number of hydrogen-bond acceptors (Lipinski definition) is 1. The smallest absolute Gasteiger partial charge is 0.129 e. The van der Waals surface area contributed by atoms with Gasteiger partial charge in [0.2, 0.25) is 0 Å². The maximum Gasteiger partial charge on any atom is 0.129 e. The zero-order valence-electron chi connectivity index (χ0n) is 5.99. The van der Waals surface area contributed by atoms with Crippen molar-refractivity contribution in [2.75, 3.05) is 0 Å². The molecule has 0 bridgehead atoms. The minimum absolute atomic E-state index is 0.00639. The zero-order valence-corrected chi connectivity index (χ0v) is 7.50. The summed E-state index contributed by atoms with van der Waals surface area (Å²) >= 11 is 11.3. The molecule has 58 valence electrons. The van der Waals surface area contributed by atoms with Crippen LogP contribution in [0.25, 0.3) is 0 Å². The summed E-state index contributed by atoms with van der Waals surface area (Å²) in [4.78, 5) is 0. The second-order valence-corrected chi connectivity index (χ2v) is 3.03. The molecule has 3 heteroatoms. The van der Waals surface area contributed by atoms with E-state index in [9.17, 15) is 0 Å². The largest absolute Gasteiger partial charge is 0.289 e. The molecular formula is C8H7Cl2N. The summed E-state index contributed by atoms with van der Waals surface area (Å²) in [5.74, 6) is 0. The van der Waals surface area contributed by atoms with Crippen LogP contribution in [0.2, 0.25) is 5.02 Å². The van der Waals surface area contributed by atoms with Crippen LogP contribution >= 0.6 is 23.2 Å². The van der Waals surface area contributed by atoms with Gasteiger partial charge < -0.3 is 0 Å². The van der Waals surface area contributed by atoms with Crippen LogP contribution < -0.4 is 0 Å². The predicted molar refractivity (Wildman–Crippen MR) is 48.9 cm³/mol. The molecule has 0 atom stereocenters. The highest BCUT2D eigenvalue weighted by Crippen LogP contribution is 2.20. The first kappa shape index (κ1) is 8.57. The second kappa shape index (κ2) is 3.24. The fourth-order valence-corrected chi connectivity index (χ4v) is 1.53. The van der Waals surface area contributed by atoms with Crippen LogP contribution in [-0.4, -0.2) is 5.17 Å². The first-order valence-corrected chi connectivity index (χ1v) is 3.88. The Bertz CT molecular complexity index is 274. The molecular weight excluding hydrogens is 181 g/mol. The second-order valence-electron chi connectivity index (χ2n) is 2.25. The van der Waals surface area contributed by atoms with Crippen LogP contribution in [0, 0.1) is 12.3 Å². The fraction of sp³-hybridized carbons (Fsp3) is 0.125. The van der Waals surface area contributed by atoms with Crippen LogP contribution in [0.1, 0.15) is 11.1 Å². The van der Waals surface area contributed by atoms with E-state index in [-0.39, 0.29) is 5.17 Å². The SMILES string of the molecule is Cc1cccc(Cl)c1C(=N)Cl. The van der Waals surface area contributed by atoms with Crippen LogP contribution in [0.5, 0.6) is 0 Å². The molecule has 1 aromatic rings. The van der Waals surface area contributed by atoms with Gasteiger partial charge in [0.25, 0.3) is 0 Å². The highest BCUT2D eigenvalue weighted by Gasteiger charge is 2.05. The number of benzene rings is 1. The lowest BCUT2D eigenvalue weighted by atomic mass is 10.1. The van der Waals surface area contributed by atoms with E-state index in [1.165, 1.54) is 0 Å². The van der Waals surface area contributed by atoms with Crippen molar-refractivity contribution >= 4 is 28.4 Å². The summed E-state index contributed by atoms with van der Waals surface area (Å²) < 4.78 is 0. The van der Waals surface area contributed by atoms with Gasteiger partial charge in [0.05, 0.1) is 5.02 Å². The van der Waals surface area contributed by atoms with Crippen LogP contribution in [0.3, 0.4) is 0 Å². The monoisotopic (exact) mass is 187 g/mol. The van der Waals surface area contributed by atoms with E-state index in [1.807, 2.05) is 19.1 Å². The van der Waals surface area contributed by atoms with Crippen molar-refractivity contribution in [2.45, 2.75) is 6.92 Å². The third-order valence-electron chi connectivity index (χ3n) is 1.44. The maximum atomic E-state index is 7.20. The van der Waals surface area contributed by atoms with Gasteiger partial charge in [0.1, 0.15) is 5.17 Å². The van der Waals surface area contributed by atoms with Crippen LogP contribution in [-0.2, 0) is 0 Å². The molecule has 11 heavy (non-hydrogen) atoms. The summed E-state index contributed by atoms with van der Waals surface area (Å²) in [6.07, 6.45) is 0. The van der Waals surface area contributed by atoms with Crippen molar-refractivity contribution in [1.82, 2.24) is 0 Å². The summed E-state index contributed by atoms with van der Waals surface area (Å²) in [5, 5.41) is 7.72. The van der Waals surface area contributed by atoms with Gasteiger partial charge in [-0.2, -0.15) is 0 Å². The van der Waals surface area contributed by atoms with Crippen LogP contribution in [0.4, 0.5) is 0 Å². The van der Waals surface area contributed by atoms with Crippen LogP contribution in [0.15, 0.2) is 18.2 Å². The molecule has 1 nitrogen and oxygen atoms in total. The topological polar surface area (TPSA) is 23.9 Å². The summed E-state index contributed by atoms with van der Waals surface area (Å²) in [6, 6.07) is 5.43. The predicted octanol–water partition coefficient (Wildman–Crippen LogP) is 3.21.